The molecule has 0 saturated heterocycles. The molecule has 0 radical (unpaired) electrons. The van der Waals surface area contributed by atoms with Gasteiger partial charge in [-0.25, -0.2) is 0 Å². The molecule has 4 heteroatoms. The van der Waals surface area contributed by atoms with Crippen LogP contribution in [0.15, 0.2) is 28.7 Å². The Kier molecular flexibility index (Phi) is 5.02. The summed E-state index contributed by atoms with van der Waals surface area (Å²) < 4.78 is 1.07. The lowest BCUT2D eigenvalue weighted by molar-refractivity contribution is 0.660. The van der Waals surface area contributed by atoms with Crippen LogP contribution >= 0.6 is 15.9 Å². The number of nitrogens with two attached hydrogens (primary N) is 1. The van der Waals surface area contributed by atoms with E-state index in [2.05, 4.69) is 45.2 Å². The lowest BCUT2D eigenvalue weighted by atomic mass is 10.0. The topological polar surface area (TPSA) is 54.7 Å². The first-order valence-electron chi connectivity index (χ1n) is 6.81. The number of rotatable bonds is 6. The van der Waals surface area contributed by atoms with E-state index in [-0.39, 0.29) is 0 Å². The van der Waals surface area contributed by atoms with Crippen molar-refractivity contribution in [3.05, 3.63) is 34.4 Å². The smallest absolute Gasteiger partial charge is 0.153 e. The Bertz CT molecular complexity index is 517. The number of aromatic amines is 1. The monoisotopic (exact) mass is 321 g/mol. The van der Waals surface area contributed by atoms with Gasteiger partial charge in [0.05, 0.1) is 0 Å². The number of aryl methyl sites for hydroxylation is 1. The molecule has 2 aromatic rings. The largest absolute Gasteiger partial charge is 0.382 e. The average Bonchev–Trinajstić information content (AvgIpc) is 2.77. The van der Waals surface area contributed by atoms with Crippen LogP contribution in [0.2, 0.25) is 0 Å². The maximum Gasteiger partial charge on any atom is 0.153 e. The third-order valence-electron chi connectivity index (χ3n) is 3.28. The van der Waals surface area contributed by atoms with Crippen molar-refractivity contribution in [2.45, 2.75) is 39.0 Å². The van der Waals surface area contributed by atoms with Crippen LogP contribution in [0.4, 0.5) is 5.82 Å². The molecule has 0 fully saturated rings. The van der Waals surface area contributed by atoms with Crippen LogP contribution in [0.1, 0.15) is 38.3 Å². The molecule has 2 rings (SSSR count). The molecule has 1 aromatic heterocycles. The summed E-state index contributed by atoms with van der Waals surface area (Å²) in [5.74, 6) is 0.591. The van der Waals surface area contributed by atoms with Gasteiger partial charge < -0.3 is 5.73 Å². The fourth-order valence-corrected chi connectivity index (χ4v) is 2.51. The molecule has 1 aromatic carbocycles. The van der Waals surface area contributed by atoms with Gasteiger partial charge in [0.1, 0.15) is 0 Å². The van der Waals surface area contributed by atoms with Crippen molar-refractivity contribution >= 4 is 21.7 Å². The number of H-pyrrole nitrogens is 1. The Labute approximate surface area is 122 Å². The highest BCUT2D eigenvalue weighted by molar-refractivity contribution is 9.10. The summed E-state index contributed by atoms with van der Waals surface area (Å²) in [6.07, 6.45) is 5.99. The van der Waals surface area contributed by atoms with E-state index in [0.29, 0.717) is 5.82 Å². The molecule has 0 saturated carbocycles. The third kappa shape index (κ3) is 3.60. The molecule has 0 spiro atoms. The summed E-state index contributed by atoms with van der Waals surface area (Å²) in [5, 5.41) is 7.23. The quantitative estimate of drug-likeness (QED) is 0.767. The molecule has 0 unspecified atom stereocenters. The van der Waals surface area contributed by atoms with Gasteiger partial charge in [-0.15, -0.1) is 0 Å². The number of hydrogen-bond acceptors (Lipinski definition) is 2. The summed E-state index contributed by atoms with van der Waals surface area (Å²) in [6.45, 7) is 2.22. The normalized spacial score (nSPS) is 10.8. The lowest BCUT2D eigenvalue weighted by Crippen LogP contribution is -1.92. The van der Waals surface area contributed by atoms with E-state index in [4.69, 9.17) is 5.73 Å². The van der Waals surface area contributed by atoms with Crippen molar-refractivity contribution in [1.82, 2.24) is 10.2 Å². The van der Waals surface area contributed by atoms with E-state index < -0.39 is 0 Å². The van der Waals surface area contributed by atoms with Gasteiger partial charge in [0.25, 0.3) is 0 Å². The summed E-state index contributed by atoms with van der Waals surface area (Å²) in [7, 11) is 0. The summed E-state index contributed by atoms with van der Waals surface area (Å²) in [4.78, 5) is 0. The number of aromatic nitrogens is 2. The second-order valence-corrected chi connectivity index (χ2v) is 5.70. The van der Waals surface area contributed by atoms with Gasteiger partial charge in [-0.3, -0.25) is 5.10 Å². The minimum atomic E-state index is 0.591. The highest BCUT2D eigenvalue weighted by Gasteiger charge is 2.12. The first kappa shape index (κ1) is 14.1. The van der Waals surface area contributed by atoms with Crippen LogP contribution in [-0.4, -0.2) is 10.2 Å². The van der Waals surface area contributed by atoms with Crippen molar-refractivity contribution in [1.29, 1.82) is 0 Å². The number of anilines is 1. The summed E-state index contributed by atoms with van der Waals surface area (Å²) in [6, 6.07) is 8.20. The Hall–Kier alpha value is -1.29. The van der Waals surface area contributed by atoms with Gasteiger partial charge in [-0.1, -0.05) is 54.2 Å². The molecule has 0 aliphatic carbocycles. The van der Waals surface area contributed by atoms with Gasteiger partial charge in [0.2, 0.25) is 0 Å². The highest BCUT2D eigenvalue weighted by Crippen LogP contribution is 2.29. The molecule has 0 aliphatic heterocycles. The van der Waals surface area contributed by atoms with Crippen molar-refractivity contribution in [2.24, 2.45) is 0 Å². The number of nitrogens with one attached hydrogen (secondary N) is 1. The van der Waals surface area contributed by atoms with Crippen LogP contribution in [0.25, 0.3) is 11.1 Å². The first-order valence-corrected chi connectivity index (χ1v) is 7.60. The van der Waals surface area contributed by atoms with Gasteiger partial charge >= 0.3 is 0 Å². The molecule has 0 amide bonds. The van der Waals surface area contributed by atoms with Gasteiger partial charge in [0.15, 0.2) is 5.82 Å². The van der Waals surface area contributed by atoms with Crippen LogP contribution in [0.5, 0.6) is 0 Å². The van der Waals surface area contributed by atoms with Crippen molar-refractivity contribution in [3.8, 4) is 11.1 Å². The zero-order valence-electron chi connectivity index (χ0n) is 11.2. The van der Waals surface area contributed by atoms with E-state index in [9.17, 15) is 0 Å². The van der Waals surface area contributed by atoms with E-state index in [0.717, 1.165) is 27.7 Å². The standard InChI is InChI=1S/C15H20BrN3/c1-2-3-4-5-6-13-14(15(17)19-18-13)11-7-9-12(16)10-8-11/h7-10H,2-6H2,1H3,(H3,17,18,19). The van der Waals surface area contributed by atoms with Crippen LogP contribution in [0.3, 0.4) is 0 Å². The Morgan fingerprint density at radius 1 is 1.16 bits per heavy atom. The first-order chi connectivity index (χ1) is 9.22. The van der Waals surface area contributed by atoms with E-state index in [1.165, 1.54) is 25.7 Å². The average molecular weight is 322 g/mol. The van der Waals surface area contributed by atoms with Crippen LogP contribution in [0, 0.1) is 0 Å². The van der Waals surface area contributed by atoms with Gasteiger partial charge in [-0.2, -0.15) is 5.10 Å². The zero-order valence-corrected chi connectivity index (χ0v) is 12.8. The van der Waals surface area contributed by atoms with Gasteiger partial charge in [-0.05, 0) is 30.5 Å². The fraction of sp³-hybridized carbons (Fsp3) is 0.400. The third-order valence-corrected chi connectivity index (χ3v) is 3.81. The van der Waals surface area contributed by atoms with E-state index >= 15 is 0 Å². The summed E-state index contributed by atoms with van der Waals surface area (Å²) >= 11 is 3.45. The predicted molar refractivity (Wildman–Crippen MR) is 84.0 cm³/mol. The summed E-state index contributed by atoms with van der Waals surface area (Å²) in [5.41, 5.74) is 9.32. The molecule has 0 atom stereocenters. The molecular weight excluding hydrogens is 302 g/mol. The SMILES string of the molecule is CCCCCCc1[nH]nc(N)c1-c1ccc(Br)cc1. The number of hydrogen-bond donors (Lipinski definition) is 2. The maximum atomic E-state index is 5.99. The number of benzene rings is 1. The Morgan fingerprint density at radius 2 is 1.89 bits per heavy atom. The maximum absolute atomic E-state index is 5.99. The van der Waals surface area contributed by atoms with Crippen molar-refractivity contribution in [3.63, 3.8) is 0 Å². The number of nitrogen functional groups attached to an aromatic ring is 1. The van der Waals surface area contributed by atoms with Crippen molar-refractivity contribution < 1.29 is 0 Å². The van der Waals surface area contributed by atoms with E-state index in [1.54, 1.807) is 0 Å². The second-order valence-electron chi connectivity index (χ2n) is 4.78. The number of unbranched alkanes of at least 4 members (excludes halogenated alkanes) is 3. The second kappa shape index (κ2) is 6.75. The highest BCUT2D eigenvalue weighted by atomic mass is 79.9. The van der Waals surface area contributed by atoms with Crippen LogP contribution in [-0.2, 0) is 6.42 Å². The minimum Gasteiger partial charge on any atom is -0.382 e. The lowest BCUT2D eigenvalue weighted by Gasteiger charge is -2.05. The molecule has 19 heavy (non-hydrogen) atoms. The molecule has 3 nitrogen and oxygen atoms in total. The minimum absolute atomic E-state index is 0.591. The molecule has 0 bridgehead atoms. The number of nitrogens with zero attached hydrogens (tertiary/aromatic N) is 1. The van der Waals surface area contributed by atoms with Gasteiger partial charge in [0, 0.05) is 15.7 Å². The Balaban J connectivity index is 2.15. The number of halogens is 1. The van der Waals surface area contributed by atoms with Crippen LogP contribution < -0.4 is 5.73 Å². The Morgan fingerprint density at radius 3 is 2.58 bits per heavy atom. The zero-order chi connectivity index (χ0) is 13.7. The molecule has 3 N–H and O–H groups in total. The molecule has 102 valence electrons. The predicted octanol–water partition coefficient (Wildman–Crippen LogP) is 4.54. The van der Waals surface area contributed by atoms with Crippen molar-refractivity contribution in [2.75, 3.05) is 5.73 Å². The fourth-order valence-electron chi connectivity index (χ4n) is 2.24. The molecule has 1 heterocycles. The van der Waals surface area contributed by atoms with E-state index in [1.807, 2.05) is 12.1 Å². The molecular formula is C15H20BrN3. The molecule has 0 aliphatic rings.